The Kier molecular flexibility index (Phi) is 12.0. The van der Waals surface area contributed by atoms with Crippen molar-refractivity contribution in [3.8, 4) is 0 Å². The van der Waals surface area contributed by atoms with Crippen LogP contribution < -0.4 is 5.32 Å². The van der Waals surface area contributed by atoms with Gasteiger partial charge < -0.3 is 33.7 Å². The zero-order valence-electron chi connectivity index (χ0n) is 21.3. The fourth-order valence-electron chi connectivity index (χ4n) is 3.70. The third-order valence-electron chi connectivity index (χ3n) is 5.26. The van der Waals surface area contributed by atoms with Crippen molar-refractivity contribution in [2.75, 3.05) is 13.7 Å². The second-order valence-electron chi connectivity index (χ2n) is 8.30. The van der Waals surface area contributed by atoms with Crippen LogP contribution in [0.4, 0.5) is 0 Å². The predicted molar refractivity (Wildman–Crippen MR) is 125 cm³/mol. The van der Waals surface area contributed by atoms with E-state index in [0.717, 1.165) is 26.3 Å². The minimum atomic E-state index is -1.28. The summed E-state index contributed by atoms with van der Waals surface area (Å²) < 4.78 is 32.1. The second-order valence-corrected chi connectivity index (χ2v) is 8.30. The van der Waals surface area contributed by atoms with Gasteiger partial charge in [-0.2, -0.15) is 0 Å². The summed E-state index contributed by atoms with van der Waals surface area (Å²) in [5.74, 6) is -2.96. The van der Waals surface area contributed by atoms with Crippen LogP contribution in [0, 0.1) is 0 Å². The van der Waals surface area contributed by atoms with E-state index in [4.69, 9.17) is 28.4 Å². The van der Waals surface area contributed by atoms with Crippen molar-refractivity contribution in [1.29, 1.82) is 0 Å². The number of hydrogen-bond acceptors (Lipinski definition) is 11. The molecule has 0 saturated carbocycles. The molecule has 0 radical (unpaired) electrons. The molecule has 1 saturated heterocycles. The molecular weight excluding hydrogens is 490 g/mol. The average Bonchev–Trinajstić information content (AvgIpc) is 2.84. The Balaban J connectivity index is 1.94. The maximum atomic E-state index is 12.3. The maximum Gasteiger partial charge on any atom is 0.305 e. The van der Waals surface area contributed by atoms with Gasteiger partial charge in [-0.05, 0) is 12.0 Å². The van der Waals surface area contributed by atoms with Crippen LogP contribution in [0.3, 0.4) is 0 Å². The number of benzene rings is 1. The lowest BCUT2D eigenvalue weighted by atomic mass is 9.98. The fraction of sp³-hybridized carbons (Fsp3) is 0.560. The number of carbonyl (C=O) groups is 5. The van der Waals surface area contributed by atoms with E-state index >= 15 is 0 Å². The lowest BCUT2D eigenvalue weighted by Gasteiger charge is -2.43. The van der Waals surface area contributed by atoms with Gasteiger partial charge in [-0.25, -0.2) is 0 Å². The molecule has 204 valence electrons. The maximum absolute atomic E-state index is 12.3. The summed E-state index contributed by atoms with van der Waals surface area (Å²) in [6.07, 6.45) is -5.72. The smallest absolute Gasteiger partial charge is 0.305 e. The van der Waals surface area contributed by atoms with Crippen LogP contribution in [-0.2, 0) is 58.9 Å². The van der Waals surface area contributed by atoms with E-state index in [1.165, 1.54) is 7.11 Å². The number of nitrogens with one attached hydrogen (secondary N) is 1. The lowest BCUT2D eigenvalue weighted by molar-refractivity contribution is -0.302. The SMILES string of the molecule is CO[C@H]1O[C@H](COC(=O)CCCC(=O)NCc2ccccc2)[C@@H](OC(C)=O)[C@H](OC(C)=O)[C@H]1OC(C)=O. The first-order valence-electron chi connectivity index (χ1n) is 11.8. The van der Waals surface area contributed by atoms with Gasteiger partial charge >= 0.3 is 23.9 Å². The molecule has 1 aliphatic rings. The molecule has 37 heavy (non-hydrogen) atoms. The zero-order valence-corrected chi connectivity index (χ0v) is 21.3. The van der Waals surface area contributed by atoms with E-state index in [1.807, 2.05) is 30.3 Å². The van der Waals surface area contributed by atoms with Gasteiger partial charge in [0.2, 0.25) is 5.91 Å². The Hall–Kier alpha value is -3.51. The highest BCUT2D eigenvalue weighted by Crippen LogP contribution is 2.29. The van der Waals surface area contributed by atoms with E-state index in [0.29, 0.717) is 6.54 Å². The first-order valence-corrected chi connectivity index (χ1v) is 11.8. The Labute approximate surface area is 214 Å². The number of rotatable bonds is 12. The number of esters is 4. The Morgan fingerprint density at radius 1 is 0.838 bits per heavy atom. The highest BCUT2D eigenvalue weighted by Gasteiger charge is 2.52. The second kappa shape index (κ2) is 14.9. The zero-order chi connectivity index (χ0) is 27.4. The number of carbonyl (C=O) groups excluding carboxylic acids is 5. The highest BCUT2D eigenvalue weighted by molar-refractivity contribution is 5.77. The standard InChI is InChI=1S/C25H33NO11/c1-15(27)34-22-19(37-25(32-4)24(36-17(3)29)23(22)35-16(2)28)14-33-21(31)12-8-11-20(30)26-13-18-9-6-5-7-10-18/h5-7,9-10,19,22-25H,8,11-14H2,1-4H3,(H,26,30)/t19-,22-,23+,24-,25+/m1/s1. The molecular formula is C25H33NO11. The number of ether oxygens (including phenoxy) is 6. The van der Waals surface area contributed by atoms with Crippen LogP contribution >= 0.6 is 0 Å². The molecule has 5 atom stereocenters. The van der Waals surface area contributed by atoms with Crippen molar-refractivity contribution >= 4 is 29.8 Å². The largest absolute Gasteiger partial charge is 0.463 e. The Morgan fingerprint density at radius 2 is 1.43 bits per heavy atom. The molecule has 12 heteroatoms. The van der Waals surface area contributed by atoms with Crippen LogP contribution in [-0.4, -0.2) is 74.2 Å². The first-order chi connectivity index (χ1) is 17.6. The molecule has 1 aromatic rings. The molecule has 1 N–H and O–H groups in total. The van der Waals surface area contributed by atoms with Crippen LogP contribution in [0.1, 0.15) is 45.6 Å². The third kappa shape index (κ3) is 10.2. The van der Waals surface area contributed by atoms with Crippen molar-refractivity contribution in [2.24, 2.45) is 0 Å². The normalized spacial score (nSPS) is 22.9. The summed E-state index contributed by atoms with van der Waals surface area (Å²) in [4.78, 5) is 59.4. The summed E-state index contributed by atoms with van der Waals surface area (Å²) in [6, 6.07) is 9.41. The van der Waals surface area contributed by atoms with Crippen LogP contribution in [0.25, 0.3) is 0 Å². The number of methoxy groups -OCH3 is 1. The molecule has 0 spiro atoms. The van der Waals surface area contributed by atoms with Crippen LogP contribution in [0.5, 0.6) is 0 Å². The number of hydrogen-bond donors (Lipinski definition) is 1. The van der Waals surface area contributed by atoms with Gasteiger partial charge in [0.1, 0.15) is 12.7 Å². The Morgan fingerprint density at radius 3 is 2.03 bits per heavy atom. The third-order valence-corrected chi connectivity index (χ3v) is 5.26. The van der Waals surface area contributed by atoms with E-state index < -0.39 is 54.6 Å². The molecule has 0 unspecified atom stereocenters. The molecule has 0 bridgehead atoms. The van der Waals surface area contributed by atoms with Gasteiger partial charge in [0.05, 0.1) is 0 Å². The Bertz CT molecular complexity index is 936. The highest BCUT2D eigenvalue weighted by atomic mass is 16.7. The molecule has 0 aliphatic carbocycles. The number of amides is 1. The van der Waals surface area contributed by atoms with Crippen molar-refractivity contribution < 1.29 is 52.4 Å². The summed E-state index contributed by atoms with van der Waals surface area (Å²) in [6.45, 7) is 3.44. The molecule has 1 aliphatic heterocycles. The van der Waals surface area contributed by atoms with E-state index in [9.17, 15) is 24.0 Å². The lowest BCUT2D eigenvalue weighted by Crippen LogP contribution is -2.62. The van der Waals surface area contributed by atoms with Gasteiger partial charge in [0.25, 0.3) is 0 Å². The van der Waals surface area contributed by atoms with Crippen molar-refractivity contribution in [2.45, 2.75) is 77.3 Å². The van der Waals surface area contributed by atoms with Crippen LogP contribution in [0.2, 0.25) is 0 Å². The summed E-state index contributed by atoms with van der Waals surface area (Å²) >= 11 is 0. The monoisotopic (exact) mass is 523 g/mol. The summed E-state index contributed by atoms with van der Waals surface area (Å²) in [5.41, 5.74) is 0.961. The van der Waals surface area contributed by atoms with Gasteiger partial charge in [-0.3, -0.25) is 24.0 Å². The van der Waals surface area contributed by atoms with E-state index in [2.05, 4.69) is 5.32 Å². The van der Waals surface area contributed by atoms with E-state index in [1.54, 1.807) is 0 Å². The summed E-state index contributed by atoms with van der Waals surface area (Å²) in [5, 5.41) is 2.78. The molecule has 1 heterocycles. The first kappa shape index (κ1) is 29.7. The fourth-order valence-corrected chi connectivity index (χ4v) is 3.70. The van der Waals surface area contributed by atoms with Crippen molar-refractivity contribution in [3.63, 3.8) is 0 Å². The predicted octanol–water partition coefficient (Wildman–Crippen LogP) is 1.18. The molecule has 0 aromatic heterocycles. The molecule has 2 rings (SSSR count). The minimum Gasteiger partial charge on any atom is -0.463 e. The van der Waals surface area contributed by atoms with Gasteiger partial charge in [0.15, 0.2) is 24.6 Å². The van der Waals surface area contributed by atoms with Gasteiger partial charge in [-0.1, -0.05) is 30.3 Å². The van der Waals surface area contributed by atoms with Crippen molar-refractivity contribution in [1.82, 2.24) is 5.32 Å². The van der Waals surface area contributed by atoms with Crippen molar-refractivity contribution in [3.05, 3.63) is 35.9 Å². The summed E-state index contributed by atoms with van der Waals surface area (Å²) in [7, 11) is 1.28. The molecule has 1 amide bonds. The topological polar surface area (TPSA) is 153 Å². The van der Waals surface area contributed by atoms with Gasteiger partial charge in [-0.15, -0.1) is 0 Å². The molecule has 1 fully saturated rings. The molecule has 1 aromatic carbocycles. The quantitative estimate of drug-likeness (QED) is 0.310. The van der Waals surface area contributed by atoms with Gasteiger partial charge in [0, 0.05) is 47.3 Å². The minimum absolute atomic E-state index is 0.0408. The van der Waals surface area contributed by atoms with Crippen LogP contribution in [0.15, 0.2) is 30.3 Å². The average molecular weight is 524 g/mol. The molecule has 12 nitrogen and oxygen atoms in total. The van der Waals surface area contributed by atoms with E-state index in [-0.39, 0.29) is 31.8 Å².